The molecule has 0 aromatic heterocycles. The number of rotatable bonds is 3. The van der Waals surface area contributed by atoms with Gasteiger partial charge in [-0.05, 0) is 25.5 Å². The van der Waals surface area contributed by atoms with Gasteiger partial charge in [0.15, 0.2) is 17.8 Å². The number of benzene rings is 1. The van der Waals surface area contributed by atoms with Crippen LogP contribution in [0.25, 0.3) is 0 Å². The van der Waals surface area contributed by atoms with Gasteiger partial charge in [0.1, 0.15) is 0 Å². The Hall–Kier alpha value is -2.10. The molecule has 1 saturated heterocycles. The van der Waals surface area contributed by atoms with Gasteiger partial charge >= 0.3 is 5.97 Å². The van der Waals surface area contributed by atoms with Crippen molar-refractivity contribution in [3.8, 4) is 0 Å². The van der Waals surface area contributed by atoms with E-state index in [1.165, 1.54) is 0 Å². The highest BCUT2D eigenvalue weighted by molar-refractivity contribution is 6.09. The zero-order valence-electron chi connectivity index (χ0n) is 10.4. The van der Waals surface area contributed by atoms with Crippen LogP contribution in [0.5, 0.6) is 0 Å². The molecule has 4 nitrogen and oxygen atoms in total. The molecule has 1 aliphatic rings. The van der Waals surface area contributed by atoms with Crippen molar-refractivity contribution < 1.29 is 14.3 Å². The summed E-state index contributed by atoms with van der Waals surface area (Å²) in [5.41, 5.74) is 2.22. The lowest BCUT2D eigenvalue weighted by atomic mass is 10.0. The van der Waals surface area contributed by atoms with Crippen LogP contribution in [0.2, 0.25) is 0 Å². The number of cyclic esters (lactones) is 1. The molecule has 1 aliphatic heterocycles. The normalized spacial score (nSPS) is 22.8. The van der Waals surface area contributed by atoms with Crippen LogP contribution in [-0.2, 0) is 14.3 Å². The summed E-state index contributed by atoms with van der Waals surface area (Å²) in [6, 6.07) is 7.60. The lowest BCUT2D eigenvalue weighted by Gasteiger charge is -2.13. The Bertz CT molecular complexity index is 522. The van der Waals surface area contributed by atoms with E-state index in [0.717, 1.165) is 11.3 Å². The third kappa shape index (κ3) is 2.14. The molecule has 0 spiro atoms. The molecule has 94 valence electrons. The first-order valence-electron chi connectivity index (χ1n) is 5.76. The second-order valence-corrected chi connectivity index (χ2v) is 4.38. The van der Waals surface area contributed by atoms with Crippen LogP contribution in [-0.4, -0.2) is 17.9 Å². The first-order chi connectivity index (χ1) is 8.50. The number of anilines is 1. The van der Waals surface area contributed by atoms with Gasteiger partial charge in [-0.25, -0.2) is 0 Å². The quantitative estimate of drug-likeness (QED) is 0.654. The number of esters is 1. The SMILES string of the molecule is C=C(Nc1ccccc1C)[C@H]1C(=O)O[C@H](C)C1=O. The number of ether oxygens (including phenoxy) is 1. The molecule has 0 amide bonds. The van der Waals surface area contributed by atoms with Crippen molar-refractivity contribution in [3.63, 3.8) is 0 Å². The lowest BCUT2D eigenvalue weighted by Crippen LogP contribution is -2.23. The van der Waals surface area contributed by atoms with Crippen molar-refractivity contribution >= 4 is 17.4 Å². The predicted molar refractivity (Wildman–Crippen MR) is 68.0 cm³/mol. The average Bonchev–Trinajstić information content (AvgIpc) is 2.56. The Kier molecular flexibility index (Phi) is 3.19. The predicted octanol–water partition coefficient (Wildman–Crippen LogP) is 2.05. The molecule has 1 aromatic carbocycles. The van der Waals surface area contributed by atoms with Gasteiger partial charge in [0, 0.05) is 11.4 Å². The van der Waals surface area contributed by atoms with E-state index in [2.05, 4.69) is 11.9 Å². The van der Waals surface area contributed by atoms with Gasteiger partial charge in [-0.2, -0.15) is 0 Å². The van der Waals surface area contributed by atoms with E-state index in [9.17, 15) is 9.59 Å². The highest BCUT2D eigenvalue weighted by Gasteiger charge is 2.42. The van der Waals surface area contributed by atoms with E-state index in [1.54, 1.807) is 6.92 Å². The first-order valence-corrected chi connectivity index (χ1v) is 5.76. The molecule has 0 unspecified atom stereocenters. The summed E-state index contributed by atoms with van der Waals surface area (Å²) in [5, 5.41) is 3.02. The third-order valence-corrected chi connectivity index (χ3v) is 3.00. The van der Waals surface area contributed by atoms with Crippen molar-refractivity contribution in [2.75, 3.05) is 5.32 Å². The fourth-order valence-electron chi connectivity index (χ4n) is 1.92. The van der Waals surface area contributed by atoms with E-state index in [4.69, 9.17) is 4.74 Å². The Labute approximate surface area is 106 Å². The zero-order chi connectivity index (χ0) is 13.3. The Morgan fingerprint density at radius 2 is 2.00 bits per heavy atom. The average molecular weight is 245 g/mol. The van der Waals surface area contributed by atoms with E-state index >= 15 is 0 Å². The highest BCUT2D eigenvalue weighted by Crippen LogP contribution is 2.25. The van der Waals surface area contributed by atoms with Crippen LogP contribution < -0.4 is 5.32 Å². The molecule has 1 fully saturated rings. The highest BCUT2D eigenvalue weighted by atomic mass is 16.6. The fourth-order valence-corrected chi connectivity index (χ4v) is 1.92. The number of Topliss-reactive ketones (excluding diaryl/α,β-unsaturated/α-hetero) is 1. The first kappa shape index (κ1) is 12.4. The number of hydrogen-bond acceptors (Lipinski definition) is 4. The fraction of sp³-hybridized carbons (Fsp3) is 0.286. The number of carbonyl (C=O) groups excluding carboxylic acids is 2. The maximum Gasteiger partial charge on any atom is 0.323 e. The standard InChI is InChI=1S/C14H15NO3/c1-8-6-4-5-7-11(8)15-9(2)12-13(16)10(3)18-14(12)17/h4-7,10,12,15H,2H2,1,3H3/t10-,12-/m1/s1. The minimum atomic E-state index is -0.903. The van der Waals surface area contributed by atoms with Gasteiger partial charge in [-0.1, -0.05) is 24.8 Å². The molecule has 18 heavy (non-hydrogen) atoms. The van der Waals surface area contributed by atoms with Gasteiger partial charge in [-0.3, -0.25) is 9.59 Å². The molecule has 2 atom stereocenters. The van der Waals surface area contributed by atoms with Gasteiger partial charge in [0.2, 0.25) is 0 Å². The molecule has 2 rings (SSSR count). The maximum absolute atomic E-state index is 11.8. The summed E-state index contributed by atoms with van der Waals surface area (Å²) < 4.78 is 4.89. The molecular formula is C14H15NO3. The number of nitrogens with one attached hydrogen (secondary N) is 1. The van der Waals surface area contributed by atoms with Crippen molar-refractivity contribution in [1.82, 2.24) is 0 Å². The van der Waals surface area contributed by atoms with Crippen LogP contribution in [0.4, 0.5) is 5.69 Å². The van der Waals surface area contributed by atoms with Gasteiger partial charge in [-0.15, -0.1) is 0 Å². The van der Waals surface area contributed by atoms with Crippen molar-refractivity contribution in [1.29, 1.82) is 0 Å². The van der Waals surface area contributed by atoms with E-state index in [-0.39, 0.29) is 5.78 Å². The molecule has 0 aliphatic carbocycles. The molecule has 1 aromatic rings. The lowest BCUT2D eigenvalue weighted by molar-refractivity contribution is -0.143. The topological polar surface area (TPSA) is 55.4 Å². The summed E-state index contributed by atoms with van der Waals surface area (Å²) >= 11 is 0. The van der Waals surface area contributed by atoms with Crippen LogP contribution in [0.3, 0.4) is 0 Å². The van der Waals surface area contributed by atoms with Crippen LogP contribution in [0, 0.1) is 12.8 Å². The number of carbonyl (C=O) groups is 2. The monoisotopic (exact) mass is 245 g/mol. The second-order valence-electron chi connectivity index (χ2n) is 4.38. The molecule has 0 bridgehead atoms. The molecule has 0 saturated carbocycles. The van der Waals surface area contributed by atoms with Crippen LogP contribution in [0.1, 0.15) is 12.5 Å². The number of aryl methyl sites for hydroxylation is 1. The molecule has 0 radical (unpaired) electrons. The summed E-state index contributed by atoms with van der Waals surface area (Å²) in [7, 11) is 0. The third-order valence-electron chi connectivity index (χ3n) is 3.00. The molecular weight excluding hydrogens is 230 g/mol. The van der Waals surface area contributed by atoms with Crippen molar-refractivity contribution in [2.24, 2.45) is 5.92 Å². The minimum Gasteiger partial charge on any atom is -0.454 e. The van der Waals surface area contributed by atoms with Crippen LogP contribution in [0.15, 0.2) is 36.5 Å². The van der Waals surface area contributed by atoms with E-state index < -0.39 is 18.0 Å². The van der Waals surface area contributed by atoms with Crippen molar-refractivity contribution in [2.45, 2.75) is 20.0 Å². The minimum absolute atomic E-state index is 0.244. The summed E-state index contributed by atoms with van der Waals surface area (Å²) in [6.45, 7) is 7.28. The molecule has 1 heterocycles. The Morgan fingerprint density at radius 3 is 2.56 bits per heavy atom. The van der Waals surface area contributed by atoms with E-state index in [0.29, 0.717) is 5.70 Å². The number of ketones is 1. The number of para-hydroxylation sites is 1. The van der Waals surface area contributed by atoms with Gasteiger partial charge in [0.05, 0.1) is 0 Å². The summed E-state index contributed by atoms with van der Waals surface area (Å²) in [4.78, 5) is 23.4. The molecule has 4 heteroatoms. The van der Waals surface area contributed by atoms with Gasteiger partial charge in [0.25, 0.3) is 0 Å². The number of hydrogen-bond donors (Lipinski definition) is 1. The largest absolute Gasteiger partial charge is 0.454 e. The zero-order valence-corrected chi connectivity index (χ0v) is 10.4. The smallest absolute Gasteiger partial charge is 0.323 e. The Morgan fingerprint density at radius 1 is 1.33 bits per heavy atom. The Balaban J connectivity index is 2.16. The van der Waals surface area contributed by atoms with Crippen molar-refractivity contribution in [3.05, 3.63) is 42.1 Å². The van der Waals surface area contributed by atoms with E-state index in [1.807, 2.05) is 31.2 Å². The van der Waals surface area contributed by atoms with Crippen LogP contribution >= 0.6 is 0 Å². The second kappa shape index (κ2) is 4.64. The summed E-state index contributed by atoms with van der Waals surface area (Å²) in [6.07, 6.45) is -0.682. The molecule has 1 N–H and O–H groups in total. The maximum atomic E-state index is 11.8. The summed E-state index contributed by atoms with van der Waals surface area (Å²) in [5.74, 6) is -1.68. The van der Waals surface area contributed by atoms with Gasteiger partial charge < -0.3 is 10.1 Å².